The molecule has 0 spiro atoms. The first kappa shape index (κ1) is 14.1. The summed E-state index contributed by atoms with van der Waals surface area (Å²) in [4.78, 5) is 1.08. The quantitative estimate of drug-likeness (QED) is 0.922. The van der Waals surface area contributed by atoms with Gasteiger partial charge in [-0.05, 0) is 53.2 Å². The van der Waals surface area contributed by atoms with Gasteiger partial charge in [-0.3, -0.25) is 0 Å². The highest BCUT2D eigenvalue weighted by Crippen LogP contribution is 2.31. The number of nitrogens with two attached hydrogens (primary N) is 1. The molecular weight excluding hydrogens is 324 g/mol. The van der Waals surface area contributed by atoms with Gasteiger partial charge in [-0.25, -0.2) is 0 Å². The van der Waals surface area contributed by atoms with Gasteiger partial charge in [0.05, 0.1) is 11.6 Å². The van der Waals surface area contributed by atoms with Crippen LogP contribution in [-0.4, -0.2) is 6.04 Å². The highest BCUT2D eigenvalue weighted by atomic mass is 79.9. The second-order valence-electron chi connectivity index (χ2n) is 4.20. The number of thiophene rings is 1. The van der Waals surface area contributed by atoms with Crippen LogP contribution < -0.4 is 10.5 Å². The first-order valence-corrected chi connectivity index (χ1v) is 7.43. The minimum atomic E-state index is -0.191. The molecule has 0 bridgehead atoms. The minimum absolute atomic E-state index is 0.124. The smallest absolute Gasteiger partial charge is 0.148 e. The molecule has 2 rings (SSSR count). The fourth-order valence-electron chi connectivity index (χ4n) is 1.66. The van der Waals surface area contributed by atoms with Gasteiger partial charge >= 0.3 is 0 Å². The van der Waals surface area contributed by atoms with E-state index in [1.807, 2.05) is 18.4 Å². The van der Waals surface area contributed by atoms with E-state index < -0.39 is 0 Å². The zero-order valence-corrected chi connectivity index (χ0v) is 12.7. The number of hydrogen-bond acceptors (Lipinski definition) is 4. The van der Waals surface area contributed by atoms with Crippen LogP contribution in [0.25, 0.3) is 0 Å². The molecule has 98 valence electrons. The number of hydrogen-bond donors (Lipinski definition) is 1. The Hall–Kier alpha value is -1.35. The van der Waals surface area contributed by atoms with E-state index in [4.69, 9.17) is 15.7 Å². The van der Waals surface area contributed by atoms with Crippen LogP contribution in [0, 0.1) is 11.3 Å². The second kappa shape index (κ2) is 6.20. The molecule has 2 unspecified atom stereocenters. The van der Waals surface area contributed by atoms with E-state index in [-0.39, 0.29) is 12.1 Å². The summed E-state index contributed by atoms with van der Waals surface area (Å²) < 4.78 is 6.96. The highest BCUT2D eigenvalue weighted by Gasteiger charge is 2.20. The summed E-state index contributed by atoms with van der Waals surface area (Å²) in [6.07, 6.45) is -0.191. The normalized spacial score (nSPS) is 13.6. The van der Waals surface area contributed by atoms with Crippen LogP contribution in [0.5, 0.6) is 5.75 Å². The number of rotatable bonds is 4. The molecule has 3 nitrogen and oxygen atoms in total. The molecule has 2 N–H and O–H groups in total. The van der Waals surface area contributed by atoms with Gasteiger partial charge in [0.25, 0.3) is 0 Å². The van der Waals surface area contributed by atoms with Crippen molar-refractivity contribution < 1.29 is 4.74 Å². The van der Waals surface area contributed by atoms with Crippen LogP contribution in [0.15, 0.2) is 40.2 Å². The van der Waals surface area contributed by atoms with Crippen molar-refractivity contribution in [2.24, 2.45) is 5.73 Å². The highest BCUT2D eigenvalue weighted by molar-refractivity contribution is 9.10. The first-order chi connectivity index (χ1) is 9.10. The Labute approximate surface area is 124 Å². The summed E-state index contributed by atoms with van der Waals surface area (Å²) in [6, 6.07) is 11.0. The van der Waals surface area contributed by atoms with Gasteiger partial charge in [0.1, 0.15) is 11.9 Å². The molecule has 0 fully saturated rings. The third-order valence-electron chi connectivity index (χ3n) is 2.59. The molecule has 0 saturated carbocycles. The maximum atomic E-state index is 8.77. The third-order valence-corrected chi connectivity index (χ3v) is 4.35. The lowest BCUT2D eigenvalue weighted by Crippen LogP contribution is -2.28. The Morgan fingerprint density at radius 3 is 2.53 bits per heavy atom. The second-order valence-corrected chi connectivity index (χ2v) is 6.06. The van der Waals surface area contributed by atoms with Crippen molar-refractivity contribution in [3.8, 4) is 11.8 Å². The average molecular weight is 337 g/mol. The van der Waals surface area contributed by atoms with Gasteiger partial charge in [-0.15, -0.1) is 11.3 Å². The molecule has 0 aliphatic carbocycles. The Bertz CT molecular complexity index is 586. The summed E-state index contributed by atoms with van der Waals surface area (Å²) in [7, 11) is 0. The van der Waals surface area contributed by atoms with Crippen molar-refractivity contribution in [1.82, 2.24) is 0 Å². The van der Waals surface area contributed by atoms with Gasteiger partial charge in [0.15, 0.2) is 0 Å². The molecule has 0 radical (unpaired) electrons. The van der Waals surface area contributed by atoms with E-state index >= 15 is 0 Å². The fourth-order valence-corrected chi connectivity index (χ4v) is 3.24. The van der Waals surface area contributed by atoms with E-state index in [1.165, 1.54) is 0 Å². The van der Waals surface area contributed by atoms with E-state index in [0.717, 1.165) is 9.35 Å². The van der Waals surface area contributed by atoms with Gasteiger partial charge in [-0.1, -0.05) is 0 Å². The van der Waals surface area contributed by atoms with Crippen LogP contribution in [0.3, 0.4) is 0 Å². The van der Waals surface area contributed by atoms with Crippen molar-refractivity contribution in [3.05, 3.63) is 50.6 Å². The van der Waals surface area contributed by atoms with E-state index in [0.29, 0.717) is 11.3 Å². The monoisotopic (exact) mass is 336 g/mol. The molecular formula is C14H13BrN2OS. The molecule has 1 heterocycles. The average Bonchev–Trinajstić information content (AvgIpc) is 2.82. The van der Waals surface area contributed by atoms with Crippen LogP contribution in [-0.2, 0) is 0 Å². The van der Waals surface area contributed by atoms with Crippen LogP contribution in [0.4, 0.5) is 0 Å². The number of halogens is 1. The van der Waals surface area contributed by atoms with Gasteiger partial charge in [-0.2, -0.15) is 5.26 Å². The van der Waals surface area contributed by atoms with Crippen molar-refractivity contribution in [2.75, 3.05) is 0 Å². The number of nitrogens with zero attached hydrogens (tertiary/aromatic N) is 1. The lowest BCUT2D eigenvalue weighted by molar-refractivity contribution is 0.184. The van der Waals surface area contributed by atoms with E-state index in [2.05, 4.69) is 22.0 Å². The van der Waals surface area contributed by atoms with Crippen molar-refractivity contribution >= 4 is 27.3 Å². The molecule has 2 atom stereocenters. The lowest BCUT2D eigenvalue weighted by Gasteiger charge is -2.21. The predicted octanol–water partition coefficient (Wildman–Crippen LogP) is 3.85. The largest absolute Gasteiger partial charge is 0.483 e. The zero-order valence-electron chi connectivity index (χ0n) is 10.3. The Morgan fingerprint density at radius 1 is 1.37 bits per heavy atom. The third kappa shape index (κ3) is 3.57. The van der Waals surface area contributed by atoms with Crippen molar-refractivity contribution in [3.63, 3.8) is 0 Å². The summed E-state index contributed by atoms with van der Waals surface area (Å²) in [6.45, 7) is 1.92. The van der Waals surface area contributed by atoms with E-state index in [9.17, 15) is 0 Å². The topological polar surface area (TPSA) is 59.0 Å². The zero-order chi connectivity index (χ0) is 13.8. The Morgan fingerprint density at radius 2 is 2.05 bits per heavy atom. The molecule has 1 aromatic heterocycles. The number of nitriles is 1. The molecule has 0 amide bonds. The van der Waals surface area contributed by atoms with Crippen molar-refractivity contribution in [1.29, 1.82) is 5.26 Å². The summed E-state index contributed by atoms with van der Waals surface area (Å²) in [5, 5.41) is 10.8. The fraction of sp³-hybridized carbons (Fsp3) is 0.214. The van der Waals surface area contributed by atoms with Crippen LogP contribution >= 0.6 is 27.3 Å². The molecule has 2 aromatic rings. The van der Waals surface area contributed by atoms with Gasteiger partial charge in [0, 0.05) is 20.8 Å². The Balaban J connectivity index is 2.19. The van der Waals surface area contributed by atoms with Crippen molar-refractivity contribution in [2.45, 2.75) is 19.1 Å². The summed E-state index contributed by atoms with van der Waals surface area (Å²) in [5.74, 6) is 0.714. The number of ether oxygens (including phenoxy) is 1. The van der Waals surface area contributed by atoms with Crippen LogP contribution in [0.2, 0.25) is 0 Å². The predicted molar refractivity (Wildman–Crippen MR) is 80.2 cm³/mol. The molecule has 5 heteroatoms. The SMILES string of the molecule is CC(N)C(Oc1ccc(C#N)cc1)c1cc(Br)cs1. The maximum absolute atomic E-state index is 8.77. The molecule has 0 saturated heterocycles. The van der Waals surface area contributed by atoms with Gasteiger partial charge < -0.3 is 10.5 Å². The van der Waals surface area contributed by atoms with Gasteiger partial charge in [0.2, 0.25) is 0 Å². The molecule has 1 aromatic carbocycles. The Kier molecular flexibility index (Phi) is 4.59. The molecule has 0 aliphatic rings. The minimum Gasteiger partial charge on any atom is -0.483 e. The summed E-state index contributed by atoms with van der Waals surface area (Å²) in [5.41, 5.74) is 6.61. The standard InChI is InChI=1S/C14H13BrN2OS/c1-9(17)14(13-6-11(15)8-19-13)18-12-4-2-10(7-16)3-5-12/h2-6,8-9,14H,17H2,1H3. The first-order valence-electron chi connectivity index (χ1n) is 5.76. The van der Waals surface area contributed by atoms with E-state index in [1.54, 1.807) is 35.6 Å². The molecule has 0 aliphatic heterocycles. The summed E-state index contributed by atoms with van der Waals surface area (Å²) >= 11 is 5.04. The lowest BCUT2D eigenvalue weighted by atomic mass is 10.1. The number of benzene rings is 1. The van der Waals surface area contributed by atoms with Crippen LogP contribution in [0.1, 0.15) is 23.5 Å². The molecule has 19 heavy (non-hydrogen) atoms. The maximum Gasteiger partial charge on any atom is 0.148 e.